The summed E-state index contributed by atoms with van der Waals surface area (Å²) in [6, 6.07) is 16.6. The number of ether oxygens (including phenoxy) is 1. The van der Waals surface area contributed by atoms with Crippen LogP contribution in [0.15, 0.2) is 70.0 Å². The molecule has 0 unspecified atom stereocenters. The van der Waals surface area contributed by atoms with Gasteiger partial charge in [-0.25, -0.2) is 4.39 Å². The Morgan fingerprint density at radius 3 is 2.52 bits per heavy atom. The fourth-order valence-corrected chi connectivity index (χ4v) is 4.87. The maximum atomic E-state index is 13.3. The summed E-state index contributed by atoms with van der Waals surface area (Å²) >= 11 is 16.5. The van der Waals surface area contributed by atoms with E-state index in [2.05, 4.69) is 15.9 Å². The lowest BCUT2D eigenvalue weighted by atomic mass is 10.2. The highest BCUT2D eigenvalue weighted by atomic mass is 79.9. The van der Waals surface area contributed by atoms with Gasteiger partial charge in [0.15, 0.2) is 0 Å². The van der Waals surface area contributed by atoms with Crippen molar-refractivity contribution in [2.24, 2.45) is 0 Å². The Labute approximate surface area is 212 Å². The van der Waals surface area contributed by atoms with Crippen LogP contribution in [0.1, 0.15) is 16.7 Å². The molecule has 0 radical (unpaired) electrons. The number of hydrogen-bond acceptors (Lipinski definition) is 4. The van der Waals surface area contributed by atoms with E-state index in [0.29, 0.717) is 27.4 Å². The van der Waals surface area contributed by atoms with Crippen LogP contribution in [-0.4, -0.2) is 16.0 Å². The molecule has 1 saturated heterocycles. The first-order chi connectivity index (χ1) is 15.8. The molecule has 1 heterocycles. The largest absolute Gasteiger partial charge is 0.488 e. The van der Waals surface area contributed by atoms with Gasteiger partial charge in [0.05, 0.1) is 15.9 Å². The maximum absolute atomic E-state index is 13.3. The maximum Gasteiger partial charge on any atom is 0.293 e. The third-order valence-electron chi connectivity index (χ3n) is 4.81. The van der Waals surface area contributed by atoms with Crippen LogP contribution in [0, 0.1) is 5.82 Å². The molecule has 0 spiro atoms. The smallest absolute Gasteiger partial charge is 0.293 e. The molecule has 4 nitrogen and oxygen atoms in total. The van der Waals surface area contributed by atoms with Crippen molar-refractivity contribution in [2.75, 3.05) is 0 Å². The van der Waals surface area contributed by atoms with Crippen LogP contribution in [0.4, 0.5) is 9.18 Å². The van der Waals surface area contributed by atoms with Crippen molar-refractivity contribution in [3.05, 3.63) is 103 Å². The van der Waals surface area contributed by atoms with Gasteiger partial charge in [-0.15, -0.1) is 0 Å². The van der Waals surface area contributed by atoms with Crippen molar-refractivity contribution in [3.8, 4) is 5.75 Å². The second-order valence-corrected chi connectivity index (χ2v) is 9.74. The van der Waals surface area contributed by atoms with Crippen LogP contribution in [0.25, 0.3) is 6.08 Å². The molecule has 0 aromatic heterocycles. The van der Waals surface area contributed by atoms with Crippen LogP contribution in [0.5, 0.6) is 5.75 Å². The average Bonchev–Trinajstić information content (AvgIpc) is 3.03. The molecule has 0 atom stereocenters. The molecule has 33 heavy (non-hydrogen) atoms. The molecule has 3 aromatic rings. The Hall–Kier alpha value is -2.32. The summed E-state index contributed by atoms with van der Waals surface area (Å²) in [5.41, 5.74) is 2.08. The number of amides is 2. The molecular formula is C24H15BrCl2FNO3S. The molecule has 1 aliphatic rings. The number of hydrogen-bond donors (Lipinski definition) is 0. The van der Waals surface area contributed by atoms with E-state index in [4.69, 9.17) is 27.9 Å². The molecule has 0 aliphatic carbocycles. The van der Waals surface area contributed by atoms with Crippen LogP contribution < -0.4 is 4.74 Å². The van der Waals surface area contributed by atoms with Gasteiger partial charge in [0.1, 0.15) is 18.2 Å². The summed E-state index contributed by atoms with van der Waals surface area (Å²) in [6.07, 6.45) is 1.64. The van der Waals surface area contributed by atoms with E-state index in [0.717, 1.165) is 33.9 Å². The number of carbonyl (C=O) groups is 2. The summed E-state index contributed by atoms with van der Waals surface area (Å²) in [4.78, 5) is 26.6. The van der Waals surface area contributed by atoms with E-state index in [1.54, 1.807) is 30.3 Å². The number of benzene rings is 3. The van der Waals surface area contributed by atoms with Gasteiger partial charge in [-0.05, 0) is 75.2 Å². The van der Waals surface area contributed by atoms with E-state index < -0.39 is 17.0 Å². The minimum Gasteiger partial charge on any atom is -0.488 e. The second-order valence-electron chi connectivity index (χ2n) is 7.07. The summed E-state index contributed by atoms with van der Waals surface area (Å²) in [6.45, 7) is 0.280. The fraction of sp³-hybridized carbons (Fsp3) is 0.0833. The molecule has 0 N–H and O–H groups in total. The zero-order chi connectivity index (χ0) is 23.5. The first kappa shape index (κ1) is 23.8. The SMILES string of the molecule is O=C1S/C(=C\c2ccc(OCc3ccccc3Cl)c(Br)c2)C(=O)N1Cc1ccc(F)cc1Cl. The highest BCUT2D eigenvalue weighted by Gasteiger charge is 2.35. The highest BCUT2D eigenvalue weighted by Crippen LogP contribution is 2.35. The normalized spacial score (nSPS) is 14.9. The molecule has 4 rings (SSSR count). The number of thioether (sulfide) groups is 1. The predicted molar refractivity (Wildman–Crippen MR) is 133 cm³/mol. The number of carbonyl (C=O) groups excluding carboxylic acids is 2. The van der Waals surface area contributed by atoms with Crippen LogP contribution >= 0.6 is 50.9 Å². The quantitative estimate of drug-likeness (QED) is 0.287. The van der Waals surface area contributed by atoms with Crippen LogP contribution in [-0.2, 0) is 17.9 Å². The molecule has 9 heteroatoms. The lowest BCUT2D eigenvalue weighted by molar-refractivity contribution is -0.123. The standard InChI is InChI=1S/C24H15BrCl2FNO3S/c25-18-9-14(5-8-21(18)32-13-16-3-1-2-4-19(16)26)10-22-23(30)29(24(31)33-22)12-15-6-7-17(28)11-20(15)27/h1-11H,12-13H2/b22-10-. The van der Waals surface area contributed by atoms with E-state index in [1.807, 2.05) is 18.2 Å². The van der Waals surface area contributed by atoms with E-state index >= 15 is 0 Å². The summed E-state index contributed by atoms with van der Waals surface area (Å²) in [5.74, 6) is -0.297. The Morgan fingerprint density at radius 2 is 1.79 bits per heavy atom. The number of halogens is 4. The minimum absolute atomic E-state index is 0.0281. The fourth-order valence-electron chi connectivity index (χ4n) is 3.10. The van der Waals surface area contributed by atoms with Crippen molar-refractivity contribution < 1.29 is 18.7 Å². The van der Waals surface area contributed by atoms with Gasteiger partial charge in [-0.3, -0.25) is 14.5 Å². The lowest BCUT2D eigenvalue weighted by Gasteiger charge is -2.13. The Kier molecular flexibility index (Phi) is 7.44. The van der Waals surface area contributed by atoms with Crippen LogP contribution in [0.3, 0.4) is 0 Å². The third-order valence-corrected chi connectivity index (χ3v) is 7.06. The van der Waals surface area contributed by atoms with Crippen LogP contribution in [0.2, 0.25) is 10.0 Å². The van der Waals surface area contributed by atoms with Gasteiger partial charge >= 0.3 is 0 Å². The van der Waals surface area contributed by atoms with Gasteiger partial charge in [-0.2, -0.15) is 0 Å². The Balaban J connectivity index is 1.47. The lowest BCUT2D eigenvalue weighted by Crippen LogP contribution is -2.27. The monoisotopic (exact) mass is 565 g/mol. The topological polar surface area (TPSA) is 46.6 Å². The molecule has 0 saturated carbocycles. The summed E-state index contributed by atoms with van der Waals surface area (Å²) in [7, 11) is 0. The molecule has 0 bridgehead atoms. The third kappa shape index (κ3) is 5.61. The van der Waals surface area contributed by atoms with Gasteiger partial charge in [0.25, 0.3) is 11.1 Å². The minimum atomic E-state index is -0.484. The predicted octanol–water partition coefficient (Wildman–Crippen LogP) is 7.71. The summed E-state index contributed by atoms with van der Waals surface area (Å²) < 4.78 is 19.8. The van der Waals surface area contributed by atoms with E-state index in [1.165, 1.54) is 12.1 Å². The zero-order valence-electron chi connectivity index (χ0n) is 16.9. The number of imide groups is 1. The number of nitrogens with zero attached hydrogens (tertiary/aromatic N) is 1. The molecule has 3 aromatic carbocycles. The Bertz CT molecular complexity index is 1280. The molecule has 2 amide bonds. The van der Waals surface area contributed by atoms with E-state index in [-0.39, 0.29) is 16.5 Å². The van der Waals surface area contributed by atoms with Crippen molar-refractivity contribution in [2.45, 2.75) is 13.2 Å². The van der Waals surface area contributed by atoms with Gasteiger partial charge in [-0.1, -0.05) is 53.5 Å². The first-order valence-corrected chi connectivity index (χ1v) is 12.0. The summed E-state index contributed by atoms with van der Waals surface area (Å²) in [5, 5.41) is 0.377. The van der Waals surface area contributed by atoms with Gasteiger partial charge < -0.3 is 4.74 Å². The Morgan fingerprint density at radius 1 is 1.00 bits per heavy atom. The van der Waals surface area contributed by atoms with Crippen molar-refractivity contribution in [1.82, 2.24) is 4.90 Å². The van der Waals surface area contributed by atoms with Crippen molar-refractivity contribution in [1.29, 1.82) is 0 Å². The van der Waals surface area contributed by atoms with Crippen molar-refractivity contribution >= 4 is 68.1 Å². The zero-order valence-corrected chi connectivity index (χ0v) is 20.8. The van der Waals surface area contributed by atoms with E-state index in [9.17, 15) is 14.0 Å². The first-order valence-electron chi connectivity index (χ1n) is 9.67. The van der Waals surface area contributed by atoms with Gasteiger partial charge in [0, 0.05) is 15.6 Å². The van der Waals surface area contributed by atoms with Crippen molar-refractivity contribution in [3.63, 3.8) is 0 Å². The van der Waals surface area contributed by atoms with Gasteiger partial charge in [0.2, 0.25) is 0 Å². The second kappa shape index (κ2) is 10.3. The average molecular weight is 567 g/mol. The highest BCUT2D eigenvalue weighted by molar-refractivity contribution is 9.10. The molecule has 1 fully saturated rings. The molecular weight excluding hydrogens is 552 g/mol. The molecule has 1 aliphatic heterocycles. The molecule has 168 valence electrons. The number of rotatable bonds is 6.